The van der Waals surface area contributed by atoms with E-state index in [2.05, 4.69) is 22.2 Å². The molecule has 8 heteroatoms. The molecule has 3 rings (SSSR count). The zero-order valence-corrected chi connectivity index (χ0v) is 19.1. The third-order valence-corrected chi connectivity index (χ3v) is 5.33. The molecule has 1 heterocycles. The lowest BCUT2D eigenvalue weighted by Gasteiger charge is -2.22. The number of unbranched alkanes of at least 4 members (excludes halogenated alkanes) is 1. The van der Waals surface area contributed by atoms with E-state index in [-0.39, 0.29) is 18.0 Å². The molecular formula is C26H28N4O4. The fourth-order valence-corrected chi connectivity index (χ4v) is 3.45. The Morgan fingerprint density at radius 3 is 2.35 bits per heavy atom. The average Bonchev–Trinajstić information content (AvgIpc) is 2.87. The Morgan fingerprint density at radius 2 is 1.74 bits per heavy atom. The fourth-order valence-electron chi connectivity index (χ4n) is 3.45. The predicted octanol–water partition coefficient (Wildman–Crippen LogP) is 3.34. The molecule has 3 aromatic rings. The van der Waals surface area contributed by atoms with Crippen LogP contribution in [0.4, 0.5) is 0 Å². The summed E-state index contributed by atoms with van der Waals surface area (Å²) in [6.45, 7) is 3.00. The number of benzene rings is 2. The highest BCUT2D eigenvalue weighted by atomic mass is 16.4. The molecule has 1 aromatic heterocycles. The predicted molar refractivity (Wildman–Crippen MR) is 127 cm³/mol. The van der Waals surface area contributed by atoms with Crippen molar-refractivity contribution in [1.82, 2.24) is 20.2 Å². The van der Waals surface area contributed by atoms with Gasteiger partial charge < -0.3 is 15.3 Å². The molecule has 0 radical (unpaired) electrons. The van der Waals surface area contributed by atoms with Crippen molar-refractivity contribution in [2.45, 2.75) is 38.8 Å². The number of carboxylic acids is 1. The quantitative estimate of drug-likeness (QED) is 0.454. The Morgan fingerprint density at radius 1 is 1.00 bits per heavy atom. The van der Waals surface area contributed by atoms with Crippen LogP contribution in [-0.4, -0.2) is 50.3 Å². The van der Waals surface area contributed by atoms with Gasteiger partial charge in [0, 0.05) is 37.5 Å². The van der Waals surface area contributed by atoms with Crippen molar-refractivity contribution in [3.05, 3.63) is 95.6 Å². The highest BCUT2D eigenvalue weighted by Crippen LogP contribution is 2.12. The first-order chi connectivity index (χ1) is 16.5. The lowest BCUT2D eigenvalue weighted by Crippen LogP contribution is -2.42. The molecule has 34 heavy (non-hydrogen) atoms. The minimum absolute atomic E-state index is 0.191. The van der Waals surface area contributed by atoms with Crippen LogP contribution in [0.15, 0.2) is 73.2 Å². The van der Waals surface area contributed by atoms with Gasteiger partial charge in [-0.2, -0.15) is 0 Å². The number of carbonyl (C=O) groups is 3. The number of rotatable bonds is 11. The summed E-state index contributed by atoms with van der Waals surface area (Å²) in [4.78, 5) is 47.0. The number of hydrogen-bond donors (Lipinski definition) is 2. The van der Waals surface area contributed by atoms with Crippen molar-refractivity contribution in [1.29, 1.82) is 0 Å². The summed E-state index contributed by atoms with van der Waals surface area (Å²) in [6, 6.07) is 14.9. The molecule has 2 amide bonds. The Labute approximate surface area is 198 Å². The number of nitrogens with zero attached hydrogens (tertiary/aromatic N) is 3. The summed E-state index contributed by atoms with van der Waals surface area (Å²) in [7, 11) is 0. The van der Waals surface area contributed by atoms with Gasteiger partial charge >= 0.3 is 5.97 Å². The van der Waals surface area contributed by atoms with Gasteiger partial charge in [-0.15, -0.1) is 0 Å². The first-order valence-corrected chi connectivity index (χ1v) is 11.2. The fraction of sp³-hybridized carbons (Fsp3) is 0.269. The minimum Gasteiger partial charge on any atom is -0.480 e. The largest absolute Gasteiger partial charge is 0.480 e. The Kier molecular flexibility index (Phi) is 8.85. The first-order valence-electron chi connectivity index (χ1n) is 11.2. The Balaban J connectivity index is 1.66. The zero-order chi connectivity index (χ0) is 24.3. The third kappa shape index (κ3) is 6.96. The summed E-state index contributed by atoms with van der Waals surface area (Å²) in [5.41, 5.74) is 2.31. The van der Waals surface area contributed by atoms with Gasteiger partial charge in [0.05, 0.1) is 6.20 Å². The molecule has 0 aliphatic carbocycles. The number of nitrogens with one attached hydrogen (secondary N) is 1. The van der Waals surface area contributed by atoms with Gasteiger partial charge in [-0.25, -0.2) is 9.78 Å². The van der Waals surface area contributed by atoms with Gasteiger partial charge in [-0.1, -0.05) is 55.8 Å². The summed E-state index contributed by atoms with van der Waals surface area (Å²) in [5, 5.41) is 12.1. The Hall–Kier alpha value is -4.07. The summed E-state index contributed by atoms with van der Waals surface area (Å²) in [5.74, 6) is -1.76. The van der Waals surface area contributed by atoms with Crippen molar-refractivity contribution in [3.8, 4) is 0 Å². The molecular weight excluding hydrogens is 432 g/mol. The van der Waals surface area contributed by atoms with Gasteiger partial charge in [0.1, 0.15) is 11.7 Å². The molecule has 0 saturated heterocycles. The second kappa shape index (κ2) is 12.2. The molecule has 0 aliphatic heterocycles. The molecule has 1 atom stereocenters. The van der Waals surface area contributed by atoms with E-state index < -0.39 is 17.9 Å². The minimum atomic E-state index is -1.09. The maximum Gasteiger partial charge on any atom is 0.326 e. The lowest BCUT2D eigenvalue weighted by atomic mass is 10.0. The second-order valence-electron chi connectivity index (χ2n) is 7.92. The van der Waals surface area contributed by atoms with Gasteiger partial charge in [0.2, 0.25) is 0 Å². The van der Waals surface area contributed by atoms with Crippen molar-refractivity contribution in [3.63, 3.8) is 0 Å². The maximum atomic E-state index is 12.9. The number of aromatic nitrogens is 2. The van der Waals surface area contributed by atoms with Crippen LogP contribution >= 0.6 is 0 Å². The van der Waals surface area contributed by atoms with Crippen LogP contribution in [-0.2, 0) is 17.8 Å². The first kappa shape index (κ1) is 24.6. The van der Waals surface area contributed by atoms with Crippen molar-refractivity contribution < 1.29 is 19.5 Å². The molecule has 176 valence electrons. The van der Waals surface area contributed by atoms with Crippen LogP contribution in [0.5, 0.6) is 0 Å². The van der Waals surface area contributed by atoms with Crippen LogP contribution in [0.3, 0.4) is 0 Å². The molecule has 0 aliphatic rings. The van der Waals surface area contributed by atoms with Crippen molar-refractivity contribution in [2.24, 2.45) is 0 Å². The molecule has 2 aromatic carbocycles. The normalized spacial score (nSPS) is 11.4. The number of amides is 2. The van der Waals surface area contributed by atoms with E-state index in [1.165, 1.54) is 18.6 Å². The van der Waals surface area contributed by atoms with Crippen molar-refractivity contribution in [2.75, 3.05) is 6.54 Å². The molecule has 0 bridgehead atoms. The standard InChI is InChI=1S/C26H28N4O4/c1-2-3-15-30(25(32)23-17-27-13-14-28-23)18-20-9-11-21(12-10-20)24(31)29-22(26(33)34)16-19-7-5-4-6-8-19/h4-14,17,22H,2-3,15-16,18H2,1H3,(H,29,31)(H,33,34)/t22-/m0/s1. The highest BCUT2D eigenvalue weighted by Gasteiger charge is 2.21. The monoisotopic (exact) mass is 460 g/mol. The van der Waals surface area contributed by atoms with Gasteiger partial charge in [0.15, 0.2) is 0 Å². The van der Waals surface area contributed by atoms with E-state index in [0.29, 0.717) is 18.7 Å². The number of aliphatic carboxylic acids is 1. The second-order valence-corrected chi connectivity index (χ2v) is 7.92. The van der Waals surface area contributed by atoms with Crippen LogP contribution in [0.1, 0.15) is 51.7 Å². The SMILES string of the molecule is CCCCN(Cc1ccc(C(=O)N[C@@H](Cc2ccccc2)C(=O)O)cc1)C(=O)c1cnccn1. The molecule has 0 spiro atoms. The lowest BCUT2D eigenvalue weighted by molar-refractivity contribution is -0.139. The zero-order valence-electron chi connectivity index (χ0n) is 19.1. The number of carboxylic acid groups (broad SMARTS) is 1. The van der Waals surface area contributed by atoms with Crippen LogP contribution < -0.4 is 5.32 Å². The van der Waals surface area contributed by atoms with Crippen LogP contribution in [0, 0.1) is 0 Å². The third-order valence-electron chi connectivity index (χ3n) is 5.33. The summed E-state index contributed by atoms with van der Waals surface area (Å²) in [6.07, 6.45) is 6.44. The van der Waals surface area contributed by atoms with Gasteiger partial charge in [-0.05, 0) is 29.7 Å². The topological polar surface area (TPSA) is 112 Å². The Bertz CT molecular complexity index is 1090. The van der Waals surface area contributed by atoms with E-state index in [4.69, 9.17) is 0 Å². The molecule has 0 fully saturated rings. The summed E-state index contributed by atoms with van der Waals surface area (Å²) < 4.78 is 0. The maximum absolute atomic E-state index is 12.9. The van der Waals surface area contributed by atoms with Gasteiger partial charge in [-0.3, -0.25) is 14.6 Å². The van der Waals surface area contributed by atoms with E-state index in [1.807, 2.05) is 30.3 Å². The van der Waals surface area contributed by atoms with Crippen LogP contribution in [0.2, 0.25) is 0 Å². The van der Waals surface area contributed by atoms with E-state index in [1.54, 1.807) is 29.2 Å². The van der Waals surface area contributed by atoms with Gasteiger partial charge in [0.25, 0.3) is 11.8 Å². The van der Waals surface area contributed by atoms with E-state index >= 15 is 0 Å². The van der Waals surface area contributed by atoms with E-state index in [9.17, 15) is 19.5 Å². The van der Waals surface area contributed by atoms with E-state index in [0.717, 1.165) is 24.0 Å². The molecule has 2 N–H and O–H groups in total. The van der Waals surface area contributed by atoms with Crippen molar-refractivity contribution >= 4 is 17.8 Å². The van der Waals surface area contributed by atoms with Crippen LogP contribution in [0.25, 0.3) is 0 Å². The smallest absolute Gasteiger partial charge is 0.326 e. The number of hydrogen-bond acceptors (Lipinski definition) is 5. The molecule has 0 saturated carbocycles. The average molecular weight is 461 g/mol. The summed E-state index contributed by atoms with van der Waals surface area (Å²) >= 11 is 0. The molecule has 0 unspecified atom stereocenters. The molecule has 8 nitrogen and oxygen atoms in total. The number of carbonyl (C=O) groups excluding carboxylic acids is 2. The highest BCUT2D eigenvalue weighted by molar-refractivity contribution is 5.96.